The summed E-state index contributed by atoms with van der Waals surface area (Å²) in [4.78, 5) is 29.1. The molecule has 156 valence electrons. The molecule has 0 saturated heterocycles. The number of nitrogens with zero attached hydrogens (tertiary/aromatic N) is 1. The Morgan fingerprint density at radius 1 is 1.10 bits per heavy atom. The van der Waals surface area contributed by atoms with E-state index in [1.165, 1.54) is 25.6 Å². The molecule has 0 saturated carbocycles. The van der Waals surface area contributed by atoms with Gasteiger partial charge in [0.05, 0.1) is 26.3 Å². The van der Waals surface area contributed by atoms with Gasteiger partial charge in [0.25, 0.3) is 0 Å². The van der Waals surface area contributed by atoms with Gasteiger partial charge in [-0.25, -0.2) is 9.78 Å². The standard InChI is InChI=1S/C22H22N2O5S/c1-14-6-4-5-7-18(14)24-20(25)11-21-23-15(13-30-21)12-29-22(26)17-10-16(27-2)8-9-19(17)28-3/h4-10,13H,11-12H2,1-3H3,(H,24,25). The average Bonchev–Trinajstić information content (AvgIpc) is 3.20. The van der Waals surface area contributed by atoms with Crippen LogP contribution in [0.3, 0.4) is 0 Å². The fourth-order valence-corrected chi connectivity index (χ4v) is 3.51. The van der Waals surface area contributed by atoms with Crippen LogP contribution in [0.1, 0.15) is 26.6 Å². The summed E-state index contributed by atoms with van der Waals surface area (Å²) in [5.74, 6) is 0.229. The molecule has 0 fully saturated rings. The van der Waals surface area contributed by atoms with Crippen LogP contribution in [-0.4, -0.2) is 31.1 Å². The van der Waals surface area contributed by atoms with Crippen LogP contribution in [0.4, 0.5) is 5.69 Å². The molecule has 3 rings (SSSR count). The van der Waals surface area contributed by atoms with Crippen molar-refractivity contribution in [3.63, 3.8) is 0 Å². The van der Waals surface area contributed by atoms with Gasteiger partial charge in [-0.2, -0.15) is 0 Å². The quantitative estimate of drug-likeness (QED) is 0.548. The largest absolute Gasteiger partial charge is 0.497 e. The number of nitrogens with one attached hydrogen (secondary N) is 1. The van der Waals surface area contributed by atoms with Crippen molar-refractivity contribution in [3.05, 3.63) is 69.7 Å². The van der Waals surface area contributed by atoms with E-state index in [0.717, 1.165) is 11.3 Å². The zero-order valence-electron chi connectivity index (χ0n) is 16.9. The number of thiazole rings is 1. The van der Waals surface area contributed by atoms with Crippen LogP contribution < -0.4 is 14.8 Å². The average molecular weight is 426 g/mol. The number of rotatable bonds is 8. The second kappa shape index (κ2) is 9.89. The van der Waals surface area contributed by atoms with Gasteiger partial charge in [0, 0.05) is 11.1 Å². The van der Waals surface area contributed by atoms with Gasteiger partial charge >= 0.3 is 5.97 Å². The third kappa shape index (κ3) is 5.36. The first kappa shape index (κ1) is 21.3. The van der Waals surface area contributed by atoms with Gasteiger partial charge in [-0.1, -0.05) is 18.2 Å². The lowest BCUT2D eigenvalue weighted by atomic mass is 10.2. The fourth-order valence-electron chi connectivity index (χ4n) is 2.73. The molecule has 7 nitrogen and oxygen atoms in total. The Labute approximate surface area is 178 Å². The Hall–Kier alpha value is -3.39. The predicted molar refractivity (Wildman–Crippen MR) is 114 cm³/mol. The van der Waals surface area contributed by atoms with Crippen molar-refractivity contribution in [1.29, 1.82) is 0 Å². The molecule has 3 aromatic rings. The summed E-state index contributed by atoms with van der Waals surface area (Å²) < 4.78 is 15.7. The van der Waals surface area contributed by atoms with E-state index >= 15 is 0 Å². The number of carbonyl (C=O) groups excluding carboxylic acids is 2. The van der Waals surface area contributed by atoms with Crippen molar-refractivity contribution in [2.24, 2.45) is 0 Å². The second-order valence-electron chi connectivity index (χ2n) is 6.41. The summed E-state index contributed by atoms with van der Waals surface area (Å²) in [5, 5.41) is 5.29. The Kier molecular flexibility index (Phi) is 7.03. The maximum atomic E-state index is 12.4. The highest BCUT2D eigenvalue weighted by atomic mass is 32.1. The Morgan fingerprint density at radius 3 is 2.63 bits per heavy atom. The molecule has 0 spiro atoms. The van der Waals surface area contributed by atoms with Crippen LogP contribution in [0.2, 0.25) is 0 Å². The molecule has 2 aromatic carbocycles. The van der Waals surface area contributed by atoms with Crippen LogP contribution in [-0.2, 0) is 22.6 Å². The van der Waals surface area contributed by atoms with Crippen LogP contribution in [0.25, 0.3) is 0 Å². The lowest BCUT2D eigenvalue weighted by Crippen LogP contribution is -2.15. The van der Waals surface area contributed by atoms with Crippen LogP contribution in [0, 0.1) is 6.92 Å². The zero-order valence-corrected chi connectivity index (χ0v) is 17.7. The molecular weight excluding hydrogens is 404 g/mol. The normalized spacial score (nSPS) is 10.4. The number of aryl methyl sites for hydroxylation is 1. The smallest absolute Gasteiger partial charge is 0.342 e. The van der Waals surface area contributed by atoms with Gasteiger partial charge in [-0.05, 0) is 36.8 Å². The Morgan fingerprint density at radius 2 is 1.90 bits per heavy atom. The summed E-state index contributed by atoms with van der Waals surface area (Å²) in [7, 11) is 3.00. The van der Waals surface area contributed by atoms with Gasteiger partial charge in [-0.3, -0.25) is 4.79 Å². The van der Waals surface area contributed by atoms with Gasteiger partial charge in [0.15, 0.2) is 0 Å². The fraction of sp³-hybridized carbons (Fsp3) is 0.227. The number of esters is 1. The molecule has 1 N–H and O–H groups in total. The van der Waals surface area contributed by atoms with Gasteiger partial charge < -0.3 is 19.5 Å². The van der Waals surface area contributed by atoms with Crippen molar-refractivity contribution in [1.82, 2.24) is 4.98 Å². The van der Waals surface area contributed by atoms with E-state index < -0.39 is 5.97 Å². The first-order chi connectivity index (χ1) is 14.5. The highest BCUT2D eigenvalue weighted by Gasteiger charge is 2.16. The molecule has 0 radical (unpaired) electrons. The van der Waals surface area contributed by atoms with Crippen LogP contribution in [0.15, 0.2) is 47.8 Å². The third-order valence-corrected chi connectivity index (χ3v) is 5.21. The third-order valence-electron chi connectivity index (χ3n) is 4.31. The first-order valence-electron chi connectivity index (χ1n) is 9.18. The molecule has 1 aromatic heterocycles. The van der Waals surface area contributed by atoms with E-state index in [9.17, 15) is 9.59 Å². The van der Waals surface area contributed by atoms with Crippen molar-refractivity contribution < 1.29 is 23.8 Å². The van der Waals surface area contributed by atoms with Crippen molar-refractivity contribution in [2.45, 2.75) is 20.0 Å². The lowest BCUT2D eigenvalue weighted by molar-refractivity contribution is -0.115. The number of amides is 1. The van der Waals surface area contributed by atoms with E-state index in [2.05, 4.69) is 10.3 Å². The Bertz CT molecular complexity index is 1050. The number of ether oxygens (including phenoxy) is 3. The maximum absolute atomic E-state index is 12.4. The minimum Gasteiger partial charge on any atom is -0.497 e. The van der Waals surface area contributed by atoms with Crippen LogP contribution in [0.5, 0.6) is 11.5 Å². The zero-order chi connectivity index (χ0) is 21.5. The number of hydrogen-bond donors (Lipinski definition) is 1. The monoisotopic (exact) mass is 426 g/mol. The van der Waals surface area contributed by atoms with Crippen molar-refractivity contribution in [3.8, 4) is 11.5 Å². The van der Waals surface area contributed by atoms with Crippen LogP contribution >= 0.6 is 11.3 Å². The topological polar surface area (TPSA) is 86.8 Å². The number of hydrogen-bond acceptors (Lipinski definition) is 7. The molecule has 0 unspecified atom stereocenters. The highest BCUT2D eigenvalue weighted by Crippen LogP contribution is 2.25. The minimum absolute atomic E-state index is 0.00485. The summed E-state index contributed by atoms with van der Waals surface area (Å²) in [6.45, 7) is 1.93. The number of benzene rings is 2. The Balaban J connectivity index is 1.57. The van der Waals surface area contributed by atoms with Crippen molar-refractivity contribution in [2.75, 3.05) is 19.5 Å². The minimum atomic E-state index is -0.544. The van der Waals surface area contributed by atoms with Gasteiger partial charge in [0.1, 0.15) is 28.7 Å². The number of carbonyl (C=O) groups is 2. The lowest BCUT2D eigenvalue weighted by Gasteiger charge is -2.09. The summed E-state index contributed by atoms with van der Waals surface area (Å²) in [6, 6.07) is 12.5. The highest BCUT2D eigenvalue weighted by molar-refractivity contribution is 7.09. The van der Waals surface area contributed by atoms with Gasteiger partial charge in [-0.15, -0.1) is 11.3 Å². The molecule has 0 aliphatic heterocycles. The van der Waals surface area contributed by atoms with E-state index in [1.54, 1.807) is 23.6 Å². The van der Waals surface area contributed by atoms with E-state index in [1.807, 2.05) is 31.2 Å². The molecule has 0 atom stereocenters. The molecule has 8 heteroatoms. The number of anilines is 1. The predicted octanol–water partition coefficient (Wildman–Crippen LogP) is 4.01. The number of para-hydroxylation sites is 1. The summed E-state index contributed by atoms with van der Waals surface area (Å²) >= 11 is 1.35. The van der Waals surface area contributed by atoms with Gasteiger partial charge in [0.2, 0.25) is 5.91 Å². The first-order valence-corrected chi connectivity index (χ1v) is 10.1. The van der Waals surface area contributed by atoms with E-state index in [-0.39, 0.29) is 24.5 Å². The molecule has 0 aliphatic rings. The van der Waals surface area contributed by atoms with Crippen molar-refractivity contribution >= 4 is 28.9 Å². The summed E-state index contributed by atoms with van der Waals surface area (Å²) in [5.41, 5.74) is 2.62. The number of aromatic nitrogens is 1. The summed E-state index contributed by atoms with van der Waals surface area (Å²) in [6.07, 6.45) is 0.149. The molecule has 1 heterocycles. The molecule has 30 heavy (non-hydrogen) atoms. The van der Waals surface area contributed by atoms with E-state index in [0.29, 0.717) is 22.2 Å². The molecular formula is C22H22N2O5S. The van der Waals surface area contributed by atoms with E-state index in [4.69, 9.17) is 14.2 Å². The maximum Gasteiger partial charge on any atom is 0.342 e. The molecule has 0 aliphatic carbocycles. The number of methoxy groups -OCH3 is 2. The second-order valence-corrected chi connectivity index (χ2v) is 7.36. The molecule has 1 amide bonds. The SMILES string of the molecule is COc1ccc(OC)c(C(=O)OCc2csc(CC(=O)Nc3ccccc3C)n2)c1. The molecule has 0 bridgehead atoms.